The van der Waals surface area contributed by atoms with Crippen LogP contribution in [0.25, 0.3) is 22.2 Å². The molecule has 0 saturated carbocycles. The normalized spacial score (nSPS) is 11.3. The van der Waals surface area contributed by atoms with Gasteiger partial charge in [-0.05, 0) is 24.6 Å². The number of nitrogens with zero attached hydrogens (tertiary/aromatic N) is 3. The molecule has 0 atom stereocenters. The quantitative estimate of drug-likeness (QED) is 0.746. The Hall–Kier alpha value is -2.14. The maximum absolute atomic E-state index is 5.80. The van der Waals surface area contributed by atoms with Gasteiger partial charge in [0.2, 0.25) is 0 Å². The zero-order valence-electron chi connectivity index (χ0n) is 10.3. The summed E-state index contributed by atoms with van der Waals surface area (Å²) in [5.41, 5.74) is 11.6. The molecule has 0 unspecified atom stereocenters. The Labute approximate surface area is 104 Å². The number of fused-ring (bicyclic) bond motifs is 1. The van der Waals surface area contributed by atoms with E-state index in [9.17, 15) is 0 Å². The van der Waals surface area contributed by atoms with E-state index in [1.807, 2.05) is 36.9 Å². The van der Waals surface area contributed by atoms with Crippen LogP contribution in [-0.4, -0.2) is 14.8 Å². The first kappa shape index (κ1) is 11.0. The van der Waals surface area contributed by atoms with Crippen molar-refractivity contribution in [2.45, 2.75) is 13.5 Å². The van der Waals surface area contributed by atoms with E-state index in [1.54, 1.807) is 0 Å². The summed E-state index contributed by atoms with van der Waals surface area (Å²) in [4.78, 5) is 4.11. The van der Waals surface area contributed by atoms with Crippen LogP contribution in [-0.2, 0) is 13.6 Å². The lowest BCUT2D eigenvalue weighted by Gasteiger charge is -2.04. The molecular formula is C13H14N4O. The summed E-state index contributed by atoms with van der Waals surface area (Å²) in [6, 6.07) is 5.94. The second kappa shape index (κ2) is 3.96. The first-order chi connectivity index (χ1) is 8.70. The molecule has 5 nitrogen and oxygen atoms in total. The predicted molar refractivity (Wildman–Crippen MR) is 68.8 cm³/mol. The van der Waals surface area contributed by atoms with Gasteiger partial charge in [-0.15, -0.1) is 0 Å². The number of hydrogen-bond donors (Lipinski definition) is 1. The zero-order chi connectivity index (χ0) is 12.7. The van der Waals surface area contributed by atoms with Crippen molar-refractivity contribution in [3.8, 4) is 11.1 Å². The van der Waals surface area contributed by atoms with Gasteiger partial charge in [0.05, 0.1) is 11.4 Å². The molecule has 0 saturated heterocycles. The van der Waals surface area contributed by atoms with E-state index in [1.165, 1.54) is 6.39 Å². The molecule has 0 amide bonds. The molecule has 0 aliphatic rings. The molecule has 3 aromatic rings. The second-order valence-electron chi connectivity index (χ2n) is 4.27. The molecule has 0 aliphatic carbocycles. The highest BCUT2D eigenvalue weighted by Gasteiger charge is 2.14. The van der Waals surface area contributed by atoms with Crippen molar-refractivity contribution in [1.29, 1.82) is 0 Å². The van der Waals surface area contributed by atoms with Crippen molar-refractivity contribution in [3.63, 3.8) is 0 Å². The van der Waals surface area contributed by atoms with E-state index in [4.69, 9.17) is 10.2 Å². The number of aromatic nitrogens is 3. The molecule has 18 heavy (non-hydrogen) atoms. The molecule has 5 heteroatoms. The molecule has 0 aliphatic heterocycles. The largest absolute Gasteiger partial charge is 0.443 e. The van der Waals surface area contributed by atoms with Crippen LogP contribution >= 0.6 is 0 Å². The molecule has 0 bridgehead atoms. The van der Waals surface area contributed by atoms with Crippen LogP contribution in [0.15, 0.2) is 29.0 Å². The fourth-order valence-corrected chi connectivity index (χ4v) is 2.33. The molecule has 2 heterocycles. The third-order valence-corrected chi connectivity index (χ3v) is 3.15. The molecule has 0 radical (unpaired) electrons. The van der Waals surface area contributed by atoms with Crippen LogP contribution in [0.5, 0.6) is 0 Å². The van der Waals surface area contributed by atoms with E-state index in [2.05, 4.69) is 10.1 Å². The maximum atomic E-state index is 5.80. The number of benzene rings is 1. The van der Waals surface area contributed by atoms with Gasteiger partial charge in [0.15, 0.2) is 12.0 Å². The summed E-state index contributed by atoms with van der Waals surface area (Å²) >= 11 is 0. The van der Waals surface area contributed by atoms with Crippen molar-refractivity contribution >= 4 is 11.1 Å². The third-order valence-electron chi connectivity index (χ3n) is 3.15. The van der Waals surface area contributed by atoms with Crippen LogP contribution in [0.3, 0.4) is 0 Å². The van der Waals surface area contributed by atoms with E-state index in [-0.39, 0.29) is 0 Å². The zero-order valence-corrected chi connectivity index (χ0v) is 10.3. The Morgan fingerprint density at radius 2 is 2.22 bits per heavy atom. The van der Waals surface area contributed by atoms with E-state index in [0.717, 1.165) is 33.6 Å². The minimum absolute atomic E-state index is 0.459. The van der Waals surface area contributed by atoms with Gasteiger partial charge in [-0.2, -0.15) is 5.10 Å². The minimum atomic E-state index is 0.459. The van der Waals surface area contributed by atoms with Crippen LogP contribution in [0.2, 0.25) is 0 Å². The topological polar surface area (TPSA) is 69.9 Å². The first-order valence-corrected chi connectivity index (χ1v) is 5.77. The molecule has 92 valence electrons. The highest BCUT2D eigenvalue weighted by atomic mass is 16.3. The van der Waals surface area contributed by atoms with Gasteiger partial charge in [0.1, 0.15) is 5.52 Å². The van der Waals surface area contributed by atoms with Crippen molar-refractivity contribution in [1.82, 2.24) is 14.8 Å². The van der Waals surface area contributed by atoms with Gasteiger partial charge in [-0.25, -0.2) is 4.98 Å². The Kier molecular flexibility index (Phi) is 2.41. The van der Waals surface area contributed by atoms with Gasteiger partial charge in [0.25, 0.3) is 0 Å². The van der Waals surface area contributed by atoms with Gasteiger partial charge in [0, 0.05) is 19.2 Å². The Morgan fingerprint density at radius 1 is 1.39 bits per heavy atom. The number of nitrogens with two attached hydrogens (primary N) is 1. The van der Waals surface area contributed by atoms with E-state index >= 15 is 0 Å². The Bertz CT molecular complexity index is 711. The molecule has 2 N–H and O–H groups in total. The molecule has 2 aromatic heterocycles. The predicted octanol–water partition coefficient (Wildman–Crippen LogP) is 2.00. The summed E-state index contributed by atoms with van der Waals surface area (Å²) in [7, 11) is 1.91. The summed E-state index contributed by atoms with van der Waals surface area (Å²) < 4.78 is 7.16. The summed E-state index contributed by atoms with van der Waals surface area (Å²) in [5, 5.41) is 4.42. The lowest BCUT2D eigenvalue weighted by Crippen LogP contribution is -2.05. The van der Waals surface area contributed by atoms with Crippen LogP contribution in [0, 0.1) is 6.92 Å². The van der Waals surface area contributed by atoms with Crippen LogP contribution in [0.4, 0.5) is 0 Å². The van der Waals surface area contributed by atoms with Crippen molar-refractivity contribution in [2.75, 3.05) is 0 Å². The lowest BCUT2D eigenvalue weighted by molar-refractivity contribution is 0.602. The smallest absolute Gasteiger partial charge is 0.181 e. The first-order valence-electron chi connectivity index (χ1n) is 5.77. The average molecular weight is 242 g/mol. The Balaban J connectivity index is 2.24. The molecular weight excluding hydrogens is 228 g/mol. The minimum Gasteiger partial charge on any atom is -0.443 e. The molecule has 0 spiro atoms. The number of hydrogen-bond acceptors (Lipinski definition) is 4. The standard InChI is InChI=1S/C13H14N4O/c1-8-13(11(6-14)17(2)16-8)9-3-4-10-12(5-9)18-7-15-10/h3-5,7H,6,14H2,1-2H3. The SMILES string of the molecule is Cc1nn(C)c(CN)c1-c1ccc2ncoc2c1. The van der Waals surface area contributed by atoms with E-state index < -0.39 is 0 Å². The maximum Gasteiger partial charge on any atom is 0.181 e. The third kappa shape index (κ3) is 1.52. The van der Waals surface area contributed by atoms with Crippen molar-refractivity contribution < 1.29 is 4.42 Å². The molecule has 0 fully saturated rings. The van der Waals surface area contributed by atoms with Gasteiger partial charge in [-0.3, -0.25) is 4.68 Å². The summed E-state index contributed by atoms with van der Waals surface area (Å²) in [5.74, 6) is 0. The molecule has 1 aromatic carbocycles. The summed E-state index contributed by atoms with van der Waals surface area (Å²) in [6.07, 6.45) is 1.45. The fourth-order valence-electron chi connectivity index (χ4n) is 2.33. The molecule has 3 rings (SSSR count). The number of rotatable bonds is 2. The Morgan fingerprint density at radius 3 is 3.00 bits per heavy atom. The average Bonchev–Trinajstić information content (AvgIpc) is 2.91. The van der Waals surface area contributed by atoms with Crippen LogP contribution < -0.4 is 5.73 Å². The van der Waals surface area contributed by atoms with Gasteiger partial charge >= 0.3 is 0 Å². The van der Waals surface area contributed by atoms with Crippen LogP contribution in [0.1, 0.15) is 11.4 Å². The lowest BCUT2D eigenvalue weighted by atomic mass is 10.0. The summed E-state index contributed by atoms with van der Waals surface area (Å²) in [6.45, 7) is 2.44. The van der Waals surface area contributed by atoms with Gasteiger partial charge < -0.3 is 10.2 Å². The van der Waals surface area contributed by atoms with Crippen molar-refractivity contribution in [3.05, 3.63) is 36.0 Å². The van der Waals surface area contributed by atoms with E-state index in [0.29, 0.717) is 6.54 Å². The highest BCUT2D eigenvalue weighted by molar-refractivity contribution is 5.81. The van der Waals surface area contributed by atoms with Crippen molar-refractivity contribution in [2.24, 2.45) is 12.8 Å². The number of oxazole rings is 1. The highest BCUT2D eigenvalue weighted by Crippen LogP contribution is 2.29. The fraction of sp³-hybridized carbons (Fsp3) is 0.231. The second-order valence-corrected chi connectivity index (χ2v) is 4.27. The number of aryl methyl sites for hydroxylation is 2. The monoisotopic (exact) mass is 242 g/mol. The van der Waals surface area contributed by atoms with Gasteiger partial charge in [-0.1, -0.05) is 6.07 Å².